The topological polar surface area (TPSA) is 65.1 Å². The number of hydrogen-bond donors (Lipinski definition) is 0. The first-order valence-electron chi connectivity index (χ1n) is 18.6. The van der Waals surface area contributed by atoms with Crippen molar-refractivity contribution in [3.63, 3.8) is 0 Å². The van der Waals surface area contributed by atoms with Crippen LogP contribution in [0.1, 0.15) is 117 Å². The zero-order valence-electron chi connectivity index (χ0n) is 30.3. The number of hydrogen-bond acceptors (Lipinski definition) is 6. The molecule has 0 aromatic heterocycles. The van der Waals surface area contributed by atoms with Gasteiger partial charge in [0.2, 0.25) is 0 Å². The van der Waals surface area contributed by atoms with Crippen molar-refractivity contribution >= 4 is 11.9 Å². The normalized spacial score (nSPS) is 18.6. The molecule has 1 aliphatic rings. The van der Waals surface area contributed by atoms with Crippen LogP contribution in [0.3, 0.4) is 0 Å². The molecule has 0 bridgehead atoms. The number of nitrogens with zero attached hydrogens (tertiary/aromatic N) is 1. The third kappa shape index (κ3) is 14.1. The van der Waals surface area contributed by atoms with Crippen molar-refractivity contribution in [3.8, 4) is 0 Å². The summed E-state index contributed by atoms with van der Waals surface area (Å²) in [6.07, 6.45) is 15.5. The predicted octanol–water partition coefficient (Wildman–Crippen LogP) is 9.52. The highest BCUT2D eigenvalue weighted by atomic mass is 16.5. The molecule has 0 N–H and O–H groups in total. The Bertz CT molecular complexity index is 1370. The molecule has 0 spiro atoms. The highest BCUT2D eigenvalue weighted by molar-refractivity contribution is 5.89. The number of carbonyl (C=O) groups is 2. The zero-order chi connectivity index (χ0) is 34.7. The SMILES string of the molecule is COC(=O)CCCCN(CCC1(C)CCCCCCCC(OCc2ccc(CCc3ccccc3)cc2)C1)Cc1ccc(C(=O)OC)cc1. The van der Waals surface area contributed by atoms with Crippen LogP contribution >= 0.6 is 0 Å². The first-order valence-corrected chi connectivity index (χ1v) is 18.6. The summed E-state index contributed by atoms with van der Waals surface area (Å²) in [6, 6.07) is 27.5. The van der Waals surface area contributed by atoms with E-state index in [0.717, 1.165) is 64.6 Å². The number of rotatable bonds is 17. The van der Waals surface area contributed by atoms with Crippen LogP contribution in [0.5, 0.6) is 0 Å². The lowest BCUT2D eigenvalue weighted by Crippen LogP contribution is -2.33. The van der Waals surface area contributed by atoms with Crippen molar-refractivity contribution in [2.75, 3.05) is 27.3 Å². The predicted molar refractivity (Wildman–Crippen MR) is 197 cm³/mol. The fraction of sp³-hybridized carbons (Fsp3) is 0.535. The maximum atomic E-state index is 12.0. The Morgan fingerprint density at radius 2 is 1.39 bits per heavy atom. The second-order valence-electron chi connectivity index (χ2n) is 14.3. The summed E-state index contributed by atoms with van der Waals surface area (Å²) < 4.78 is 16.5. The van der Waals surface area contributed by atoms with Gasteiger partial charge < -0.3 is 14.2 Å². The van der Waals surface area contributed by atoms with Gasteiger partial charge in [-0.15, -0.1) is 0 Å². The second kappa shape index (κ2) is 20.9. The van der Waals surface area contributed by atoms with E-state index in [0.29, 0.717) is 18.6 Å². The number of carbonyl (C=O) groups excluding carboxylic acids is 2. The molecular weight excluding hydrogens is 610 g/mol. The maximum absolute atomic E-state index is 12.0. The van der Waals surface area contributed by atoms with E-state index >= 15 is 0 Å². The van der Waals surface area contributed by atoms with E-state index in [-0.39, 0.29) is 23.5 Å². The van der Waals surface area contributed by atoms with Crippen LogP contribution in [0.25, 0.3) is 0 Å². The van der Waals surface area contributed by atoms with Gasteiger partial charge in [-0.2, -0.15) is 0 Å². The van der Waals surface area contributed by atoms with E-state index in [2.05, 4.69) is 66.4 Å². The van der Waals surface area contributed by atoms with Gasteiger partial charge in [-0.25, -0.2) is 4.79 Å². The van der Waals surface area contributed by atoms with Crippen LogP contribution in [0, 0.1) is 5.41 Å². The van der Waals surface area contributed by atoms with E-state index in [4.69, 9.17) is 14.2 Å². The lowest BCUT2D eigenvalue weighted by atomic mass is 9.75. The summed E-state index contributed by atoms with van der Waals surface area (Å²) >= 11 is 0. The number of esters is 2. The highest BCUT2D eigenvalue weighted by Crippen LogP contribution is 2.37. The zero-order valence-corrected chi connectivity index (χ0v) is 30.3. The molecule has 1 saturated carbocycles. The lowest BCUT2D eigenvalue weighted by Gasteiger charge is -2.36. The van der Waals surface area contributed by atoms with Crippen LogP contribution < -0.4 is 0 Å². The van der Waals surface area contributed by atoms with Crippen molar-refractivity contribution in [1.82, 2.24) is 4.90 Å². The molecule has 2 atom stereocenters. The van der Waals surface area contributed by atoms with Crippen LogP contribution in [-0.4, -0.2) is 50.3 Å². The van der Waals surface area contributed by atoms with Gasteiger partial charge in [0.25, 0.3) is 0 Å². The maximum Gasteiger partial charge on any atom is 0.337 e. The molecule has 266 valence electrons. The summed E-state index contributed by atoms with van der Waals surface area (Å²) in [6.45, 7) is 5.83. The first-order chi connectivity index (χ1) is 23.9. The van der Waals surface area contributed by atoms with Crippen molar-refractivity contribution in [2.24, 2.45) is 5.41 Å². The van der Waals surface area contributed by atoms with Gasteiger partial charge in [-0.3, -0.25) is 9.69 Å². The summed E-state index contributed by atoms with van der Waals surface area (Å²) in [7, 11) is 2.86. The Morgan fingerprint density at radius 1 is 0.735 bits per heavy atom. The van der Waals surface area contributed by atoms with Crippen LogP contribution in [0.15, 0.2) is 78.9 Å². The van der Waals surface area contributed by atoms with E-state index in [1.807, 2.05) is 24.3 Å². The van der Waals surface area contributed by atoms with Crippen molar-refractivity contribution in [3.05, 3.63) is 107 Å². The molecule has 0 saturated heterocycles. The summed E-state index contributed by atoms with van der Waals surface area (Å²) in [5, 5.41) is 0. The molecule has 6 nitrogen and oxygen atoms in total. The Labute approximate surface area is 295 Å². The smallest absolute Gasteiger partial charge is 0.337 e. The number of methoxy groups -OCH3 is 2. The molecule has 4 rings (SSSR count). The van der Waals surface area contributed by atoms with Crippen LogP contribution in [0.2, 0.25) is 0 Å². The van der Waals surface area contributed by atoms with E-state index in [1.54, 1.807) is 0 Å². The molecule has 1 fully saturated rings. The molecule has 0 radical (unpaired) electrons. The minimum Gasteiger partial charge on any atom is -0.469 e. The van der Waals surface area contributed by atoms with Gasteiger partial charge in [0.1, 0.15) is 0 Å². The molecule has 2 unspecified atom stereocenters. The van der Waals surface area contributed by atoms with Crippen molar-refractivity contribution < 1.29 is 23.8 Å². The minimum atomic E-state index is -0.317. The molecule has 0 amide bonds. The quantitative estimate of drug-likeness (QED) is 0.105. The molecule has 0 heterocycles. The molecule has 6 heteroatoms. The van der Waals surface area contributed by atoms with E-state index in [1.165, 1.54) is 75.0 Å². The second-order valence-corrected chi connectivity index (χ2v) is 14.3. The Hall–Kier alpha value is -3.48. The minimum absolute atomic E-state index is 0.149. The number of aryl methyl sites for hydroxylation is 2. The average Bonchev–Trinajstić information content (AvgIpc) is 3.13. The van der Waals surface area contributed by atoms with E-state index < -0.39 is 0 Å². The third-order valence-corrected chi connectivity index (χ3v) is 10.2. The van der Waals surface area contributed by atoms with Crippen molar-refractivity contribution in [1.29, 1.82) is 0 Å². The average molecular weight is 670 g/mol. The van der Waals surface area contributed by atoms with Crippen LogP contribution in [0.4, 0.5) is 0 Å². The number of benzene rings is 3. The largest absolute Gasteiger partial charge is 0.469 e. The lowest BCUT2D eigenvalue weighted by molar-refractivity contribution is -0.140. The van der Waals surface area contributed by atoms with Gasteiger partial charge in [0.05, 0.1) is 32.5 Å². The van der Waals surface area contributed by atoms with Gasteiger partial charge in [0, 0.05) is 13.0 Å². The van der Waals surface area contributed by atoms with Gasteiger partial charge >= 0.3 is 11.9 Å². The highest BCUT2D eigenvalue weighted by Gasteiger charge is 2.29. The number of unbranched alkanes of at least 4 members (excludes halogenated alkanes) is 1. The molecular formula is C43H59NO5. The van der Waals surface area contributed by atoms with E-state index in [9.17, 15) is 9.59 Å². The molecule has 1 aliphatic carbocycles. The fourth-order valence-electron chi connectivity index (χ4n) is 7.05. The molecule has 3 aromatic carbocycles. The summed E-state index contributed by atoms with van der Waals surface area (Å²) in [5.74, 6) is -0.466. The Balaban J connectivity index is 1.36. The van der Waals surface area contributed by atoms with Crippen LogP contribution in [-0.2, 0) is 45.0 Å². The first kappa shape index (κ1) is 38.3. The third-order valence-electron chi connectivity index (χ3n) is 10.2. The summed E-state index contributed by atoms with van der Waals surface area (Å²) in [5.41, 5.74) is 5.91. The van der Waals surface area contributed by atoms with Gasteiger partial charge in [0.15, 0.2) is 0 Å². The fourth-order valence-corrected chi connectivity index (χ4v) is 7.05. The Kier molecular flexibility index (Phi) is 16.3. The molecule has 3 aromatic rings. The standard InChI is InChI=1S/C43H59NO5/c1-43(29-31-44(30-13-11-17-41(45)47-2)33-37-24-26-39(27-25-37)42(46)48-3)28-12-6-4-5-10-16-40(32-43)49-34-38-22-20-36(21-23-38)19-18-35-14-8-7-9-15-35/h7-9,14-15,20-27,40H,4-6,10-13,16-19,28-34H2,1-3H3. The molecule has 0 aliphatic heterocycles. The van der Waals surface area contributed by atoms with Gasteiger partial charge in [-0.05, 0) is 104 Å². The van der Waals surface area contributed by atoms with Crippen molar-refractivity contribution in [2.45, 2.75) is 116 Å². The Morgan fingerprint density at radius 3 is 2.10 bits per heavy atom. The molecule has 49 heavy (non-hydrogen) atoms. The van der Waals surface area contributed by atoms with Gasteiger partial charge in [-0.1, -0.05) is 106 Å². The number of ether oxygens (including phenoxy) is 3. The monoisotopic (exact) mass is 669 g/mol. The summed E-state index contributed by atoms with van der Waals surface area (Å²) in [4.78, 5) is 26.2.